The summed E-state index contributed by atoms with van der Waals surface area (Å²) >= 11 is 1.74. The molecule has 3 nitrogen and oxygen atoms in total. The third kappa shape index (κ3) is 2.39. The molecule has 0 atom stereocenters. The van der Waals surface area contributed by atoms with Crippen LogP contribution in [0.1, 0.15) is 28.8 Å². The second-order valence-corrected chi connectivity index (χ2v) is 6.82. The molecule has 108 valence electrons. The average molecular weight is 297 g/mol. The van der Waals surface area contributed by atoms with Crippen LogP contribution in [0.25, 0.3) is 5.70 Å². The predicted octanol–water partition coefficient (Wildman–Crippen LogP) is 1.59. The summed E-state index contributed by atoms with van der Waals surface area (Å²) in [7, 11) is 0. The number of hydrogen-bond donors (Lipinski definition) is 1. The quantitative estimate of drug-likeness (QED) is 0.914. The standard InChI is InChI=1S/C17H19N3S/c18-17-13-4-3-12(11-20-6-1-2-7-20)9-15(13)19-10-16-14(17)5-8-21-16/h3-5,8-9H,1-2,6-7,10-11,18H2. The molecule has 2 aliphatic heterocycles. The van der Waals surface area contributed by atoms with E-state index in [0.717, 1.165) is 34.9 Å². The van der Waals surface area contributed by atoms with E-state index in [2.05, 4.69) is 34.5 Å². The molecule has 4 heteroatoms. The molecule has 3 heterocycles. The SMILES string of the molecule is NC1=c2ccc(CN3CCCC3)cc2=NCc2sccc21. The molecule has 21 heavy (non-hydrogen) atoms. The van der Waals surface area contributed by atoms with Gasteiger partial charge in [0, 0.05) is 27.9 Å². The van der Waals surface area contributed by atoms with Crippen LogP contribution in [0, 0.1) is 0 Å². The fourth-order valence-corrected chi connectivity index (χ4v) is 4.05. The normalized spacial score (nSPS) is 18.0. The van der Waals surface area contributed by atoms with Crippen molar-refractivity contribution in [3.63, 3.8) is 0 Å². The van der Waals surface area contributed by atoms with Gasteiger partial charge in [-0.15, -0.1) is 11.3 Å². The summed E-state index contributed by atoms with van der Waals surface area (Å²) in [4.78, 5) is 8.56. The first-order valence-electron chi connectivity index (χ1n) is 7.53. The van der Waals surface area contributed by atoms with Crippen molar-refractivity contribution in [2.24, 2.45) is 10.7 Å². The molecular formula is C17H19N3S. The summed E-state index contributed by atoms with van der Waals surface area (Å²) in [5, 5.41) is 4.23. The average Bonchev–Trinajstić information content (AvgIpc) is 3.13. The monoisotopic (exact) mass is 297 g/mol. The fraction of sp³-hybridized carbons (Fsp3) is 0.353. The molecule has 2 N–H and O–H groups in total. The van der Waals surface area contributed by atoms with Gasteiger partial charge in [-0.2, -0.15) is 0 Å². The molecule has 0 unspecified atom stereocenters. The summed E-state index contributed by atoms with van der Waals surface area (Å²) in [5.41, 5.74) is 9.75. The van der Waals surface area contributed by atoms with Crippen LogP contribution in [0.5, 0.6) is 0 Å². The zero-order valence-corrected chi connectivity index (χ0v) is 12.8. The Morgan fingerprint density at radius 2 is 2.05 bits per heavy atom. The second kappa shape index (κ2) is 5.28. The molecular weight excluding hydrogens is 278 g/mol. The van der Waals surface area contributed by atoms with E-state index < -0.39 is 0 Å². The molecule has 0 amide bonds. The van der Waals surface area contributed by atoms with Crippen molar-refractivity contribution in [2.45, 2.75) is 25.9 Å². The Labute approximate surface area is 128 Å². The fourth-order valence-electron chi connectivity index (χ4n) is 3.24. The minimum atomic E-state index is 0.744. The lowest BCUT2D eigenvalue weighted by Crippen LogP contribution is -2.31. The summed E-state index contributed by atoms with van der Waals surface area (Å²) in [6, 6.07) is 8.68. The zero-order valence-electron chi connectivity index (χ0n) is 12.0. The van der Waals surface area contributed by atoms with Crippen LogP contribution in [0.4, 0.5) is 0 Å². The van der Waals surface area contributed by atoms with E-state index in [9.17, 15) is 0 Å². The van der Waals surface area contributed by atoms with Gasteiger partial charge in [0.05, 0.1) is 11.9 Å². The van der Waals surface area contributed by atoms with Crippen molar-refractivity contribution in [1.82, 2.24) is 4.90 Å². The minimum Gasteiger partial charge on any atom is -0.398 e. The minimum absolute atomic E-state index is 0.744. The Morgan fingerprint density at radius 3 is 2.90 bits per heavy atom. The van der Waals surface area contributed by atoms with Gasteiger partial charge in [-0.3, -0.25) is 9.89 Å². The first kappa shape index (κ1) is 13.0. The Bertz CT molecular complexity index is 785. The number of hydrogen-bond acceptors (Lipinski definition) is 4. The summed E-state index contributed by atoms with van der Waals surface area (Å²) in [5.74, 6) is 0. The Morgan fingerprint density at radius 1 is 1.19 bits per heavy atom. The lowest BCUT2D eigenvalue weighted by molar-refractivity contribution is 0.331. The topological polar surface area (TPSA) is 41.6 Å². The lowest BCUT2D eigenvalue weighted by Gasteiger charge is -2.14. The Kier molecular flexibility index (Phi) is 3.28. The number of likely N-dealkylation sites (tertiary alicyclic amines) is 1. The second-order valence-electron chi connectivity index (χ2n) is 5.82. The van der Waals surface area contributed by atoms with Gasteiger partial charge < -0.3 is 5.73 Å². The molecule has 1 fully saturated rings. The van der Waals surface area contributed by atoms with Crippen LogP contribution >= 0.6 is 11.3 Å². The Balaban J connectivity index is 1.76. The number of nitrogens with two attached hydrogens (primary N) is 1. The van der Waals surface area contributed by atoms with Crippen LogP contribution in [-0.4, -0.2) is 18.0 Å². The maximum absolute atomic E-state index is 6.37. The molecule has 0 spiro atoms. The Hall–Kier alpha value is -1.65. The largest absolute Gasteiger partial charge is 0.398 e. The highest BCUT2D eigenvalue weighted by molar-refractivity contribution is 7.10. The zero-order chi connectivity index (χ0) is 14.2. The van der Waals surface area contributed by atoms with Crippen molar-refractivity contribution in [2.75, 3.05) is 13.1 Å². The first-order chi connectivity index (χ1) is 10.3. The smallest absolute Gasteiger partial charge is 0.0746 e. The van der Waals surface area contributed by atoms with Crippen molar-refractivity contribution in [1.29, 1.82) is 0 Å². The molecule has 0 saturated carbocycles. The summed E-state index contributed by atoms with van der Waals surface area (Å²) in [6.45, 7) is 4.22. The first-order valence-corrected chi connectivity index (χ1v) is 8.41. The molecule has 0 aliphatic carbocycles. The molecule has 4 rings (SSSR count). The number of nitrogens with zero attached hydrogens (tertiary/aromatic N) is 2. The van der Waals surface area contributed by atoms with Gasteiger partial charge in [0.15, 0.2) is 0 Å². The van der Waals surface area contributed by atoms with E-state index in [1.807, 2.05) is 0 Å². The predicted molar refractivity (Wildman–Crippen MR) is 86.5 cm³/mol. The molecule has 2 aromatic rings. The van der Waals surface area contributed by atoms with Gasteiger partial charge in [0.2, 0.25) is 0 Å². The van der Waals surface area contributed by atoms with Crippen LogP contribution in [0.2, 0.25) is 0 Å². The number of benzene rings is 1. The van der Waals surface area contributed by atoms with E-state index in [0.29, 0.717) is 0 Å². The van der Waals surface area contributed by atoms with E-state index in [1.54, 1.807) is 11.3 Å². The van der Waals surface area contributed by atoms with Crippen molar-refractivity contribution in [3.8, 4) is 0 Å². The van der Waals surface area contributed by atoms with E-state index >= 15 is 0 Å². The van der Waals surface area contributed by atoms with Crippen LogP contribution in [-0.2, 0) is 13.1 Å². The van der Waals surface area contributed by atoms with E-state index in [1.165, 1.54) is 36.4 Å². The van der Waals surface area contributed by atoms with Gasteiger partial charge >= 0.3 is 0 Å². The van der Waals surface area contributed by atoms with Gasteiger partial charge in [-0.25, -0.2) is 0 Å². The van der Waals surface area contributed by atoms with Gasteiger partial charge in [-0.1, -0.05) is 12.1 Å². The van der Waals surface area contributed by atoms with Crippen LogP contribution < -0.4 is 16.3 Å². The highest BCUT2D eigenvalue weighted by atomic mass is 32.1. The van der Waals surface area contributed by atoms with Crippen LogP contribution in [0.15, 0.2) is 34.6 Å². The number of fused-ring (bicyclic) bond motifs is 2. The highest BCUT2D eigenvalue weighted by Gasteiger charge is 2.14. The van der Waals surface area contributed by atoms with Gasteiger partial charge in [0.25, 0.3) is 0 Å². The maximum atomic E-state index is 6.37. The van der Waals surface area contributed by atoms with Gasteiger partial charge in [-0.05, 0) is 49.0 Å². The summed E-state index contributed by atoms with van der Waals surface area (Å²) < 4.78 is 0. The molecule has 1 aromatic heterocycles. The number of thiophene rings is 1. The molecule has 0 bridgehead atoms. The number of rotatable bonds is 2. The van der Waals surface area contributed by atoms with Crippen molar-refractivity contribution in [3.05, 3.63) is 56.2 Å². The highest BCUT2D eigenvalue weighted by Crippen LogP contribution is 2.22. The molecule has 0 radical (unpaired) electrons. The molecule has 2 aliphatic rings. The van der Waals surface area contributed by atoms with Crippen LogP contribution in [0.3, 0.4) is 0 Å². The van der Waals surface area contributed by atoms with Gasteiger partial charge in [0.1, 0.15) is 0 Å². The third-order valence-corrected chi connectivity index (χ3v) is 5.29. The van der Waals surface area contributed by atoms with Crippen molar-refractivity contribution < 1.29 is 0 Å². The maximum Gasteiger partial charge on any atom is 0.0746 e. The molecule has 1 aromatic carbocycles. The lowest BCUT2D eigenvalue weighted by atomic mass is 10.1. The van der Waals surface area contributed by atoms with E-state index in [-0.39, 0.29) is 0 Å². The van der Waals surface area contributed by atoms with E-state index in [4.69, 9.17) is 10.7 Å². The molecule has 1 saturated heterocycles. The summed E-state index contributed by atoms with van der Waals surface area (Å²) in [6.07, 6.45) is 2.66. The van der Waals surface area contributed by atoms with Crippen molar-refractivity contribution >= 4 is 17.0 Å². The third-order valence-electron chi connectivity index (χ3n) is 4.39.